The molecule has 100 valence electrons. The minimum atomic E-state index is -0.717. The summed E-state index contributed by atoms with van der Waals surface area (Å²) in [5.41, 5.74) is 0. The summed E-state index contributed by atoms with van der Waals surface area (Å²) in [6.07, 6.45) is 0.232. The highest BCUT2D eigenvalue weighted by atomic mass is 16.7. The lowest BCUT2D eigenvalue weighted by Gasteiger charge is -2.31. The molecule has 1 aliphatic rings. The third-order valence-electron chi connectivity index (χ3n) is 3.35. The van der Waals surface area contributed by atoms with E-state index in [0.29, 0.717) is 26.1 Å². The quantitative estimate of drug-likeness (QED) is 0.773. The molecule has 0 aromatic rings. The van der Waals surface area contributed by atoms with Crippen LogP contribution in [0.4, 0.5) is 0 Å². The van der Waals surface area contributed by atoms with Crippen LogP contribution in [0.3, 0.4) is 0 Å². The molecule has 1 saturated heterocycles. The summed E-state index contributed by atoms with van der Waals surface area (Å²) < 4.78 is 11.0. The zero-order chi connectivity index (χ0) is 13.1. The highest BCUT2D eigenvalue weighted by molar-refractivity contribution is 5.81. The number of rotatable bonds is 6. The van der Waals surface area contributed by atoms with Crippen molar-refractivity contribution in [3.63, 3.8) is 0 Å². The molecule has 2 atom stereocenters. The summed E-state index contributed by atoms with van der Waals surface area (Å²) in [6, 6.07) is 0. The van der Waals surface area contributed by atoms with Crippen molar-refractivity contribution >= 4 is 5.78 Å². The first-order chi connectivity index (χ1) is 7.89. The first kappa shape index (κ1) is 14.6. The predicted octanol–water partition coefficient (Wildman–Crippen LogP) is 1.75. The molecular formula is C13H24O4. The minimum absolute atomic E-state index is 0.0560. The van der Waals surface area contributed by atoms with Gasteiger partial charge in [0.25, 0.3) is 0 Å². The van der Waals surface area contributed by atoms with Crippen molar-refractivity contribution in [2.24, 2.45) is 11.8 Å². The van der Waals surface area contributed by atoms with Crippen LogP contribution in [-0.4, -0.2) is 36.0 Å². The van der Waals surface area contributed by atoms with Gasteiger partial charge in [0, 0.05) is 18.8 Å². The monoisotopic (exact) mass is 244 g/mol. The van der Waals surface area contributed by atoms with Gasteiger partial charge in [0.05, 0.1) is 19.3 Å². The molecule has 1 aliphatic heterocycles. The van der Waals surface area contributed by atoms with Crippen LogP contribution in [0.1, 0.15) is 40.5 Å². The first-order valence-corrected chi connectivity index (χ1v) is 6.38. The first-order valence-electron chi connectivity index (χ1n) is 6.38. The standard InChI is InChI=1S/C13H24O4/c1-5-11(14)10(12(15)9(2)3)8-13(4)16-6-7-17-13/h9-10,12,15H,5-8H2,1-4H3/t10-,12+/m1/s1. The Kier molecular flexibility index (Phi) is 5.10. The number of hydrogen-bond acceptors (Lipinski definition) is 4. The molecule has 0 bridgehead atoms. The van der Waals surface area contributed by atoms with Gasteiger partial charge in [0.2, 0.25) is 0 Å². The summed E-state index contributed by atoms with van der Waals surface area (Å²) in [5.74, 6) is -0.985. The number of ether oxygens (including phenoxy) is 2. The molecular weight excluding hydrogens is 220 g/mol. The fourth-order valence-corrected chi connectivity index (χ4v) is 2.23. The number of hydrogen-bond donors (Lipinski definition) is 1. The predicted molar refractivity (Wildman–Crippen MR) is 64.6 cm³/mol. The second-order valence-electron chi connectivity index (χ2n) is 5.20. The van der Waals surface area contributed by atoms with Crippen molar-refractivity contribution in [3.05, 3.63) is 0 Å². The fourth-order valence-electron chi connectivity index (χ4n) is 2.23. The molecule has 0 radical (unpaired) electrons. The second kappa shape index (κ2) is 5.94. The molecule has 1 rings (SSSR count). The van der Waals surface area contributed by atoms with Crippen molar-refractivity contribution in [3.8, 4) is 0 Å². The van der Waals surface area contributed by atoms with E-state index < -0.39 is 17.8 Å². The van der Waals surface area contributed by atoms with E-state index in [9.17, 15) is 9.90 Å². The maximum atomic E-state index is 11.9. The molecule has 1 N–H and O–H groups in total. The second-order valence-corrected chi connectivity index (χ2v) is 5.20. The average Bonchev–Trinajstić information content (AvgIpc) is 2.71. The Morgan fingerprint density at radius 1 is 1.35 bits per heavy atom. The Labute approximate surface area is 103 Å². The summed E-state index contributed by atoms with van der Waals surface area (Å²) in [6.45, 7) is 8.60. The SMILES string of the molecule is CCC(=O)[C@@H](CC1(C)OCCO1)[C@@H](O)C(C)C. The number of aliphatic hydroxyl groups is 1. The Morgan fingerprint density at radius 3 is 2.29 bits per heavy atom. The number of ketones is 1. The van der Waals surface area contributed by atoms with E-state index in [1.54, 1.807) is 0 Å². The summed E-state index contributed by atoms with van der Waals surface area (Å²) >= 11 is 0. The van der Waals surface area contributed by atoms with Crippen LogP contribution in [0.5, 0.6) is 0 Å². The van der Waals surface area contributed by atoms with Gasteiger partial charge < -0.3 is 14.6 Å². The van der Waals surface area contributed by atoms with E-state index in [1.165, 1.54) is 0 Å². The Balaban J connectivity index is 2.73. The molecule has 17 heavy (non-hydrogen) atoms. The largest absolute Gasteiger partial charge is 0.392 e. The van der Waals surface area contributed by atoms with Gasteiger partial charge in [-0.2, -0.15) is 0 Å². The van der Waals surface area contributed by atoms with Gasteiger partial charge in [-0.3, -0.25) is 4.79 Å². The topological polar surface area (TPSA) is 55.8 Å². The number of aliphatic hydroxyl groups excluding tert-OH is 1. The van der Waals surface area contributed by atoms with Crippen molar-refractivity contribution < 1.29 is 19.4 Å². The van der Waals surface area contributed by atoms with Crippen molar-refractivity contribution in [2.45, 2.75) is 52.4 Å². The fraction of sp³-hybridized carbons (Fsp3) is 0.923. The lowest BCUT2D eigenvalue weighted by Crippen LogP contribution is -2.39. The van der Waals surface area contributed by atoms with Crippen molar-refractivity contribution in [2.75, 3.05) is 13.2 Å². The molecule has 0 amide bonds. The van der Waals surface area contributed by atoms with E-state index in [2.05, 4.69) is 0 Å². The smallest absolute Gasteiger partial charge is 0.166 e. The van der Waals surface area contributed by atoms with Crippen molar-refractivity contribution in [1.82, 2.24) is 0 Å². The number of Topliss-reactive ketones (excluding diaryl/α,β-unsaturated/α-hetero) is 1. The third-order valence-corrected chi connectivity index (χ3v) is 3.35. The van der Waals surface area contributed by atoms with Gasteiger partial charge in [-0.25, -0.2) is 0 Å². The van der Waals surface area contributed by atoms with Gasteiger partial charge in [-0.05, 0) is 12.8 Å². The van der Waals surface area contributed by atoms with Gasteiger partial charge in [0.15, 0.2) is 5.79 Å². The highest BCUT2D eigenvalue weighted by Gasteiger charge is 2.39. The van der Waals surface area contributed by atoms with Crippen LogP contribution >= 0.6 is 0 Å². The van der Waals surface area contributed by atoms with E-state index in [4.69, 9.17) is 9.47 Å². The normalized spacial score (nSPS) is 22.7. The molecule has 0 unspecified atom stereocenters. The number of carbonyl (C=O) groups is 1. The van der Waals surface area contributed by atoms with E-state index in [0.717, 1.165) is 0 Å². The zero-order valence-corrected chi connectivity index (χ0v) is 11.2. The van der Waals surface area contributed by atoms with E-state index >= 15 is 0 Å². The average molecular weight is 244 g/mol. The van der Waals surface area contributed by atoms with Gasteiger partial charge in [0.1, 0.15) is 5.78 Å². The van der Waals surface area contributed by atoms with Gasteiger partial charge in [-0.15, -0.1) is 0 Å². The maximum Gasteiger partial charge on any atom is 0.166 e. The molecule has 4 nitrogen and oxygen atoms in total. The van der Waals surface area contributed by atoms with E-state index in [1.807, 2.05) is 27.7 Å². The van der Waals surface area contributed by atoms with Crippen LogP contribution in [0.15, 0.2) is 0 Å². The molecule has 0 aliphatic carbocycles. The third kappa shape index (κ3) is 3.76. The molecule has 1 fully saturated rings. The molecule has 1 heterocycles. The zero-order valence-electron chi connectivity index (χ0n) is 11.2. The Bertz CT molecular complexity index is 256. The molecule has 0 aromatic heterocycles. The minimum Gasteiger partial charge on any atom is -0.392 e. The Hall–Kier alpha value is -0.450. The lowest BCUT2D eigenvalue weighted by atomic mass is 9.84. The van der Waals surface area contributed by atoms with Crippen LogP contribution in [0.2, 0.25) is 0 Å². The van der Waals surface area contributed by atoms with E-state index in [-0.39, 0.29) is 11.7 Å². The van der Waals surface area contributed by atoms with Crippen LogP contribution < -0.4 is 0 Å². The molecule has 0 saturated carbocycles. The summed E-state index contributed by atoms with van der Waals surface area (Å²) in [5, 5.41) is 10.1. The Morgan fingerprint density at radius 2 is 1.88 bits per heavy atom. The number of carbonyl (C=O) groups excluding carboxylic acids is 1. The molecule has 4 heteroatoms. The lowest BCUT2D eigenvalue weighted by molar-refractivity contribution is -0.169. The van der Waals surface area contributed by atoms with Crippen LogP contribution in [-0.2, 0) is 14.3 Å². The van der Waals surface area contributed by atoms with Crippen LogP contribution in [0.25, 0.3) is 0 Å². The highest BCUT2D eigenvalue weighted by Crippen LogP contribution is 2.31. The summed E-state index contributed by atoms with van der Waals surface area (Å²) in [7, 11) is 0. The molecule has 0 spiro atoms. The van der Waals surface area contributed by atoms with Crippen molar-refractivity contribution in [1.29, 1.82) is 0 Å². The summed E-state index contributed by atoms with van der Waals surface area (Å²) in [4.78, 5) is 11.9. The van der Waals surface area contributed by atoms with Gasteiger partial charge in [-0.1, -0.05) is 20.8 Å². The van der Waals surface area contributed by atoms with Crippen LogP contribution in [0, 0.1) is 11.8 Å². The van der Waals surface area contributed by atoms with Gasteiger partial charge >= 0.3 is 0 Å². The molecule has 0 aromatic carbocycles. The maximum absolute atomic E-state index is 11.9.